The number of methoxy groups -OCH3 is 1. The van der Waals surface area contributed by atoms with Crippen LogP contribution in [0.4, 0.5) is 0 Å². The molecule has 0 aliphatic heterocycles. The van der Waals surface area contributed by atoms with Crippen LogP contribution in [0.2, 0.25) is 0 Å². The van der Waals surface area contributed by atoms with E-state index in [9.17, 15) is 0 Å². The average Bonchev–Trinajstić information content (AvgIpc) is 2.26. The van der Waals surface area contributed by atoms with Crippen molar-refractivity contribution >= 4 is 0 Å². The third kappa shape index (κ3) is 2.89. The molecular weight excluding hydrogens is 188 g/mol. The number of rotatable bonds is 5. The molecule has 1 aromatic rings. The van der Waals surface area contributed by atoms with E-state index < -0.39 is 0 Å². The molecule has 82 valence electrons. The minimum atomic E-state index is -0.103. The van der Waals surface area contributed by atoms with Gasteiger partial charge in [-0.25, -0.2) is 0 Å². The van der Waals surface area contributed by atoms with E-state index in [1.807, 2.05) is 37.3 Å². The predicted octanol–water partition coefficient (Wildman–Crippen LogP) is 1.78. The van der Waals surface area contributed by atoms with Gasteiger partial charge in [-0.1, -0.05) is 42.5 Å². The lowest BCUT2D eigenvalue weighted by Gasteiger charge is -2.26. The second kappa shape index (κ2) is 5.66. The maximum Gasteiger partial charge on any atom is 0.102 e. The number of nitrogens with two attached hydrogens (primary N) is 1. The maximum atomic E-state index is 5.50. The summed E-state index contributed by atoms with van der Waals surface area (Å²) in [6.45, 7) is 5.83. The highest BCUT2D eigenvalue weighted by Crippen LogP contribution is 2.23. The van der Waals surface area contributed by atoms with Gasteiger partial charge in [-0.3, -0.25) is 11.3 Å². The molecule has 0 aromatic heterocycles. The molecule has 0 aliphatic rings. The summed E-state index contributed by atoms with van der Waals surface area (Å²) in [5, 5.41) is 0. The molecule has 0 saturated heterocycles. The lowest BCUT2D eigenvalue weighted by Crippen LogP contribution is -2.41. The highest BCUT2D eigenvalue weighted by Gasteiger charge is 2.22. The summed E-state index contributed by atoms with van der Waals surface area (Å²) in [5.74, 6) is 5.50. The monoisotopic (exact) mass is 206 g/mol. The zero-order chi connectivity index (χ0) is 11.3. The van der Waals surface area contributed by atoms with Crippen LogP contribution in [-0.2, 0) is 4.74 Å². The third-order valence-electron chi connectivity index (χ3n) is 2.40. The fourth-order valence-corrected chi connectivity index (χ4v) is 1.60. The Kier molecular flexibility index (Phi) is 4.49. The Bertz CT molecular complexity index is 311. The molecule has 0 saturated carbocycles. The van der Waals surface area contributed by atoms with Crippen molar-refractivity contribution in [1.29, 1.82) is 0 Å². The fraction of sp³-hybridized carbons (Fsp3) is 0.333. The molecule has 1 aromatic carbocycles. The molecule has 2 atom stereocenters. The minimum Gasteiger partial charge on any atom is -0.375 e. The number of hydrogen-bond acceptors (Lipinski definition) is 3. The van der Waals surface area contributed by atoms with Gasteiger partial charge in [-0.2, -0.15) is 0 Å². The van der Waals surface area contributed by atoms with Crippen molar-refractivity contribution in [3.8, 4) is 0 Å². The molecule has 3 N–H and O–H groups in total. The third-order valence-corrected chi connectivity index (χ3v) is 2.40. The van der Waals surface area contributed by atoms with Crippen LogP contribution in [-0.4, -0.2) is 13.2 Å². The lowest BCUT2D eigenvalue weighted by atomic mass is 9.98. The van der Waals surface area contributed by atoms with Crippen molar-refractivity contribution < 1.29 is 4.74 Å². The summed E-state index contributed by atoms with van der Waals surface area (Å²) in [6.07, 6.45) is -0.103. The fourth-order valence-electron chi connectivity index (χ4n) is 1.60. The van der Waals surface area contributed by atoms with Gasteiger partial charge in [0.05, 0.1) is 6.04 Å². The van der Waals surface area contributed by atoms with Gasteiger partial charge in [-0.15, -0.1) is 0 Å². The van der Waals surface area contributed by atoms with Crippen LogP contribution in [0.15, 0.2) is 42.5 Å². The van der Waals surface area contributed by atoms with E-state index in [1.54, 1.807) is 7.11 Å². The molecule has 0 radical (unpaired) electrons. The Hall–Kier alpha value is -1.16. The zero-order valence-corrected chi connectivity index (χ0v) is 9.23. The quantitative estimate of drug-likeness (QED) is 0.438. The van der Waals surface area contributed by atoms with Crippen LogP contribution in [0.3, 0.4) is 0 Å². The first kappa shape index (κ1) is 11.9. The van der Waals surface area contributed by atoms with Crippen LogP contribution >= 0.6 is 0 Å². The standard InChI is InChI=1S/C12H18N2O/c1-9(2)11(14-13)12(15-3)10-7-5-4-6-8-10/h4-8,11-12,14H,1,13H2,2-3H3. The van der Waals surface area contributed by atoms with Gasteiger partial charge in [0.25, 0.3) is 0 Å². The number of hydrogen-bond donors (Lipinski definition) is 2. The van der Waals surface area contributed by atoms with Crippen molar-refractivity contribution in [3.63, 3.8) is 0 Å². The molecule has 0 aliphatic carbocycles. The van der Waals surface area contributed by atoms with E-state index in [-0.39, 0.29) is 12.1 Å². The second-order valence-corrected chi connectivity index (χ2v) is 3.56. The van der Waals surface area contributed by atoms with Gasteiger partial charge in [0.2, 0.25) is 0 Å². The molecule has 0 fully saturated rings. The lowest BCUT2D eigenvalue weighted by molar-refractivity contribution is 0.0789. The van der Waals surface area contributed by atoms with Gasteiger partial charge < -0.3 is 4.74 Å². The summed E-state index contributed by atoms with van der Waals surface area (Å²) in [6, 6.07) is 9.89. The normalized spacial score (nSPS) is 14.6. The Morgan fingerprint density at radius 2 is 2.00 bits per heavy atom. The van der Waals surface area contributed by atoms with Crippen molar-refractivity contribution in [3.05, 3.63) is 48.0 Å². The second-order valence-electron chi connectivity index (χ2n) is 3.56. The van der Waals surface area contributed by atoms with Crippen molar-refractivity contribution in [2.75, 3.05) is 7.11 Å². The molecule has 0 heterocycles. The molecule has 0 spiro atoms. The number of nitrogens with one attached hydrogen (secondary N) is 1. The molecule has 3 heteroatoms. The van der Waals surface area contributed by atoms with Crippen molar-refractivity contribution in [2.24, 2.45) is 5.84 Å². The molecule has 0 bridgehead atoms. The summed E-state index contributed by atoms with van der Waals surface area (Å²) >= 11 is 0. The van der Waals surface area contributed by atoms with Gasteiger partial charge in [0.1, 0.15) is 6.10 Å². The van der Waals surface area contributed by atoms with E-state index in [2.05, 4.69) is 12.0 Å². The van der Waals surface area contributed by atoms with Crippen LogP contribution in [0.1, 0.15) is 18.6 Å². The van der Waals surface area contributed by atoms with E-state index >= 15 is 0 Å². The molecule has 0 amide bonds. The van der Waals surface area contributed by atoms with Crippen molar-refractivity contribution in [2.45, 2.75) is 19.1 Å². The molecule has 2 unspecified atom stereocenters. The van der Waals surface area contributed by atoms with Crippen molar-refractivity contribution in [1.82, 2.24) is 5.43 Å². The van der Waals surface area contributed by atoms with Crippen LogP contribution in [0.25, 0.3) is 0 Å². The van der Waals surface area contributed by atoms with E-state index in [0.29, 0.717) is 0 Å². The Morgan fingerprint density at radius 3 is 2.40 bits per heavy atom. The highest BCUT2D eigenvalue weighted by atomic mass is 16.5. The average molecular weight is 206 g/mol. The number of benzene rings is 1. The summed E-state index contributed by atoms with van der Waals surface area (Å²) in [4.78, 5) is 0. The number of hydrazine groups is 1. The van der Waals surface area contributed by atoms with Crippen LogP contribution < -0.4 is 11.3 Å². The van der Waals surface area contributed by atoms with E-state index in [0.717, 1.165) is 11.1 Å². The largest absolute Gasteiger partial charge is 0.375 e. The first-order valence-electron chi connectivity index (χ1n) is 4.90. The first-order chi connectivity index (χ1) is 7.20. The SMILES string of the molecule is C=C(C)C(NN)C(OC)c1ccccc1. The molecule has 3 nitrogen and oxygen atoms in total. The van der Waals surface area contributed by atoms with Gasteiger partial charge in [0, 0.05) is 7.11 Å². The summed E-state index contributed by atoms with van der Waals surface area (Å²) in [7, 11) is 1.67. The Balaban J connectivity index is 2.92. The number of ether oxygens (including phenoxy) is 1. The van der Waals surface area contributed by atoms with Gasteiger partial charge >= 0.3 is 0 Å². The Morgan fingerprint density at radius 1 is 1.40 bits per heavy atom. The van der Waals surface area contributed by atoms with Gasteiger partial charge in [0.15, 0.2) is 0 Å². The zero-order valence-electron chi connectivity index (χ0n) is 9.23. The molecule has 15 heavy (non-hydrogen) atoms. The predicted molar refractivity (Wildman–Crippen MR) is 62.1 cm³/mol. The minimum absolute atomic E-state index is 0.0719. The summed E-state index contributed by atoms with van der Waals surface area (Å²) in [5.41, 5.74) is 4.77. The summed E-state index contributed by atoms with van der Waals surface area (Å²) < 4.78 is 5.45. The van der Waals surface area contributed by atoms with E-state index in [1.165, 1.54) is 0 Å². The Labute approximate surface area is 90.9 Å². The van der Waals surface area contributed by atoms with Crippen LogP contribution in [0.5, 0.6) is 0 Å². The smallest absolute Gasteiger partial charge is 0.102 e. The first-order valence-corrected chi connectivity index (χ1v) is 4.90. The van der Waals surface area contributed by atoms with E-state index in [4.69, 9.17) is 10.6 Å². The molecular formula is C12H18N2O. The highest BCUT2D eigenvalue weighted by molar-refractivity contribution is 5.22. The van der Waals surface area contributed by atoms with Gasteiger partial charge in [-0.05, 0) is 12.5 Å². The molecule has 1 rings (SSSR count). The maximum absolute atomic E-state index is 5.50. The van der Waals surface area contributed by atoms with Crippen LogP contribution in [0, 0.1) is 0 Å². The topological polar surface area (TPSA) is 47.3 Å².